The summed E-state index contributed by atoms with van der Waals surface area (Å²) in [6.07, 6.45) is 0.922. The number of carbonyl (C=O) groups is 1. The lowest BCUT2D eigenvalue weighted by atomic mass is 10.1. The summed E-state index contributed by atoms with van der Waals surface area (Å²) in [5, 5.41) is 4.27. The zero-order valence-electron chi connectivity index (χ0n) is 10.8. The third-order valence-corrected chi connectivity index (χ3v) is 3.52. The number of benzene rings is 1. The predicted molar refractivity (Wildman–Crippen MR) is 75.3 cm³/mol. The Hall–Kier alpha value is -1.78. The summed E-state index contributed by atoms with van der Waals surface area (Å²) in [5.41, 5.74) is 2.61. The third kappa shape index (κ3) is 2.64. The van der Waals surface area contributed by atoms with Crippen LogP contribution in [0.3, 0.4) is 0 Å². The van der Waals surface area contributed by atoms with Crippen molar-refractivity contribution in [2.75, 3.05) is 26.2 Å². The molecule has 2 heterocycles. The van der Waals surface area contributed by atoms with Crippen LogP contribution in [0.4, 0.5) is 0 Å². The van der Waals surface area contributed by atoms with E-state index in [9.17, 15) is 4.79 Å². The van der Waals surface area contributed by atoms with Gasteiger partial charge >= 0.3 is 0 Å². The van der Waals surface area contributed by atoms with Gasteiger partial charge in [0.25, 0.3) is 0 Å². The Bertz CT molecular complexity index is 591. The lowest BCUT2D eigenvalue weighted by molar-refractivity contribution is 0.112. The first kappa shape index (κ1) is 12.3. The molecule has 1 saturated heterocycles. The maximum Gasteiger partial charge on any atom is 0.150 e. The number of hydrogen-bond acceptors (Lipinski definition) is 4. The fourth-order valence-electron chi connectivity index (χ4n) is 2.54. The summed E-state index contributed by atoms with van der Waals surface area (Å²) in [6.45, 7) is 4.92. The molecule has 0 bridgehead atoms. The van der Waals surface area contributed by atoms with Gasteiger partial charge in [0.05, 0.1) is 11.2 Å². The van der Waals surface area contributed by atoms with E-state index in [1.54, 1.807) is 0 Å². The number of piperazine rings is 1. The summed E-state index contributed by atoms with van der Waals surface area (Å²) in [5.74, 6) is 0. The molecule has 0 amide bonds. The van der Waals surface area contributed by atoms with Crippen molar-refractivity contribution in [1.29, 1.82) is 0 Å². The van der Waals surface area contributed by atoms with Crippen molar-refractivity contribution in [2.24, 2.45) is 0 Å². The zero-order valence-corrected chi connectivity index (χ0v) is 10.8. The molecule has 2 aromatic rings. The van der Waals surface area contributed by atoms with Crippen LogP contribution in [-0.4, -0.2) is 42.3 Å². The molecular weight excluding hydrogens is 238 g/mol. The van der Waals surface area contributed by atoms with Gasteiger partial charge in [0.1, 0.15) is 0 Å². The molecule has 0 spiro atoms. The number of pyridine rings is 1. The van der Waals surface area contributed by atoms with Crippen LogP contribution in [0.25, 0.3) is 10.9 Å². The van der Waals surface area contributed by atoms with Crippen molar-refractivity contribution >= 4 is 17.2 Å². The average Bonchev–Trinajstić information content (AvgIpc) is 2.47. The Morgan fingerprint density at radius 2 is 2.05 bits per heavy atom. The van der Waals surface area contributed by atoms with Crippen LogP contribution in [0, 0.1) is 0 Å². The Labute approximate surface area is 112 Å². The molecule has 19 heavy (non-hydrogen) atoms. The molecule has 0 aliphatic carbocycles. The van der Waals surface area contributed by atoms with Gasteiger partial charge in [0, 0.05) is 43.7 Å². The van der Waals surface area contributed by atoms with Crippen LogP contribution in [0.2, 0.25) is 0 Å². The highest BCUT2D eigenvalue weighted by molar-refractivity contribution is 5.96. The van der Waals surface area contributed by atoms with Gasteiger partial charge in [-0.3, -0.25) is 14.7 Å². The second-order valence-corrected chi connectivity index (χ2v) is 4.86. The summed E-state index contributed by atoms with van der Waals surface area (Å²) < 4.78 is 0. The van der Waals surface area contributed by atoms with Gasteiger partial charge in [-0.1, -0.05) is 18.2 Å². The molecule has 1 fully saturated rings. The van der Waals surface area contributed by atoms with E-state index in [0.29, 0.717) is 0 Å². The first-order valence-electron chi connectivity index (χ1n) is 6.64. The van der Waals surface area contributed by atoms with Crippen molar-refractivity contribution in [3.63, 3.8) is 0 Å². The van der Waals surface area contributed by atoms with Crippen molar-refractivity contribution in [2.45, 2.75) is 6.54 Å². The van der Waals surface area contributed by atoms with Crippen molar-refractivity contribution < 1.29 is 4.79 Å². The van der Waals surface area contributed by atoms with E-state index in [-0.39, 0.29) is 0 Å². The third-order valence-electron chi connectivity index (χ3n) is 3.52. The second kappa shape index (κ2) is 5.47. The molecule has 4 heteroatoms. The minimum Gasteiger partial charge on any atom is -0.314 e. The van der Waals surface area contributed by atoms with Gasteiger partial charge in [0.15, 0.2) is 6.29 Å². The van der Waals surface area contributed by atoms with E-state index < -0.39 is 0 Å². The lowest BCUT2D eigenvalue weighted by Crippen LogP contribution is -2.43. The molecule has 1 aromatic carbocycles. The van der Waals surface area contributed by atoms with Crippen LogP contribution in [-0.2, 0) is 6.54 Å². The molecule has 0 saturated carbocycles. The van der Waals surface area contributed by atoms with Gasteiger partial charge in [-0.25, -0.2) is 0 Å². The van der Waals surface area contributed by atoms with Crippen molar-refractivity contribution in [3.05, 3.63) is 41.6 Å². The van der Waals surface area contributed by atoms with E-state index in [4.69, 9.17) is 0 Å². The standard InChI is InChI=1S/C15H17N3O/c19-11-12-9-13(10-18-7-5-16-6-8-18)17-15-4-2-1-3-14(12)15/h1-4,9,11,16H,5-8,10H2. The number of rotatable bonds is 3. The normalized spacial score (nSPS) is 16.6. The smallest absolute Gasteiger partial charge is 0.150 e. The summed E-state index contributed by atoms with van der Waals surface area (Å²) in [6, 6.07) is 9.72. The number of aldehydes is 1. The molecule has 1 N–H and O–H groups in total. The van der Waals surface area contributed by atoms with Crippen molar-refractivity contribution in [3.8, 4) is 0 Å². The SMILES string of the molecule is O=Cc1cc(CN2CCNCC2)nc2ccccc12. The van der Waals surface area contributed by atoms with Crippen LogP contribution in [0.15, 0.2) is 30.3 Å². The van der Waals surface area contributed by atoms with Crippen LogP contribution in [0.5, 0.6) is 0 Å². The maximum absolute atomic E-state index is 11.2. The number of fused-ring (bicyclic) bond motifs is 1. The number of nitrogens with one attached hydrogen (secondary N) is 1. The van der Waals surface area contributed by atoms with Crippen molar-refractivity contribution in [1.82, 2.24) is 15.2 Å². The van der Waals surface area contributed by atoms with E-state index in [1.165, 1.54) is 0 Å². The van der Waals surface area contributed by atoms with Gasteiger partial charge < -0.3 is 5.32 Å². The lowest BCUT2D eigenvalue weighted by Gasteiger charge is -2.26. The number of nitrogens with zero attached hydrogens (tertiary/aromatic N) is 2. The predicted octanol–water partition coefficient (Wildman–Crippen LogP) is 1.45. The molecule has 98 valence electrons. The molecule has 1 aliphatic heterocycles. The van der Waals surface area contributed by atoms with Gasteiger partial charge in [-0.2, -0.15) is 0 Å². The highest BCUT2D eigenvalue weighted by Gasteiger charge is 2.12. The topological polar surface area (TPSA) is 45.2 Å². The monoisotopic (exact) mass is 255 g/mol. The molecular formula is C15H17N3O. The fraction of sp³-hybridized carbons (Fsp3) is 0.333. The quantitative estimate of drug-likeness (QED) is 0.843. The molecule has 0 atom stereocenters. The van der Waals surface area contributed by atoms with E-state index in [0.717, 1.165) is 61.2 Å². The van der Waals surface area contributed by atoms with Crippen LogP contribution in [0.1, 0.15) is 16.1 Å². The molecule has 3 rings (SSSR count). The van der Waals surface area contributed by atoms with Gasteiger partial charge in [-0.15, -0.1) is 0 Å². The summed E-state index contributed by atoms with van der Waals surface area (Å²) >= 11 is 0. The van der Waals surface area contributed by atoms with E-state index in [1.807, 2.05) is 30.3 Å². The van der Waals surface area contributed by atoms with E-state index in [2.05, 4.69) is 15.2 Å². The first-order chi connectivity index (χ1) is 9.36. The Balaban J connectivity index is 1.92. The molecule has 0 radical (unpaired) electrons. The van der Waals surface area contributed by atoms with E-state index >= 15 is 0 Å². The Morgan fingerprint density at radius 3 is 2.84 bits per heavy atom. The Morgan fingerprint density at radius 1 is 1.26 bits per heavy atom. The molecule has 0 unspecified atom stereocenters. The number of para-hydroxylation sites is 1. The summed E-state index contributed by atoms with van der Waals surface area (Å²) in [7, 11) is 0. The fourth-order valence-corrected chi connectivity index (χ4v) is 2.54. The minimum absolute atomic E-state index is 0.732. The minimum atomic E-state index is 0.732. The highest BCUT2D eigenvalue weighted by atomic mass is 16.1. The number of carbonyl (C=O) groups excluding carboxylic acids is 1. The average molecular weight is 255 g/mol. The van der Waals surface area contributed by atoms with Crippen LogP contribution < -0.4 is 5.32 Å². The van der Waals surface area contributed by atoms with Crippen LogP contribution >= 0.6 is 0 Å². The second-order valence-electron chi connectivity index (χ2n) is 4.86. The van der Waals surface area contributed by atoms with Gasteiger partial charge in [-0.05, 0) is 12.1 Å². The number of hydrogen-bond donors (Lipinski definition) is 1. The maximum atomic E-state index is 11.2. The zero-order chi connectivity index (χ0) is 13.1. The molecule has 1 aromatic heterocycles. The molecule has 4 nitrogen and oxygen atoms in total. The summed E-state index contributed by atoms with van der Waals surface area (Å²) in [4.78, 5) is 18.2. The number of aromatic nitrogens is 1. The first-order valence-corrected chi connectivity index (χ1v) is 6.64. The van der Waals surface area contributed by atoms with Gasteiger partial charge in [0.2, 0.25) is 0 Å². The largest absolute Gasteiger partial charge is 0.314 e. The molecule has 1 aliphatic rings. The highest BCUT2D eigenvalue weighted by Crippen LogP contribution is 2.17. The Kier molecular flexibility index (Phi) is 3.53.